The molecule has 1 amide bonds. The van der Waals surface area contributed by atoms with Gasteiger partial charge in [-0.15, -0.1) is 0 Å². The lowest BCUT2D eigenvalue weighted by Crippen LogP contribution is -2.40. The summed E-state index contributed by atoms with van der Waals surface area (Å²) in [5, 5.41) is 8.39. The molecule has 1 aliphatic heterocycles. The number of ether oxygens (including phenoxy) is 2. The monoisotopic (exact) mass is 486 g/mol. The molecule has 2 heterocycles. The van der Waals surface area contributed by atoms with E-state index in [2.05, 4.69) is 10.4 Å². The molecule has 0 atom stereocenters. The van der Waals surface area contributed by atoms with Crippen molar-refractivity contribution < 1.29 is 22.7 Å². The van der Waals surface area contributed by atoms with E-state index in [1.165, 1.54) is 33.3 Å². The number of carbonyl (C=O) groups excluding carboxylic acids is 1. The number of hydrogen-bond acceptors (Lipinski definition) is 7. The first-order valence-electron chi connectivity index (χ1n) is 10.9. The van der Waals surface area contributed by atoms with Crippen LogP contribution in [0.5, 0.6) is 0 Å². The average Bonchev–Trinajstić information content (AvgIpc) is 2.88. The number of nitrogens with one attached hydrogen (secondary N) is 1. The Labute approximate surface area is 197 Å². The Hall–Kier alpha value is -3.12. The van der Waals surface area contributed by atoms with Crippen LogP contribution >= 0.6 is 0 Å². The number of fused-ring (bicyclic) bond motifs is 1. The Morgan fingerprint density at radius 1 is 1.09 bits per heavy atom. The number of amides is 1. The van der Waals surface area contributed by atoms with Gasteiger partial charge in [0.2, 0.25) is 10.0 Å². The molecule has 0 radical (unpaired) electrons. The molecule has 0 aliphatic carbocycles. The van der Waals surface area contributed by atoms with Crippen LogP contribution in [-0.2, 0) is 32.6 Å². The summed E-state index contributed by atoms with van der Waals surface area (Å²) in [6.07, 6.45) is 0. The fourth-order valence-corrected chi connectivity index (χ4v) is 5.15. The molecule has 34 heavy (non-hydrogen) atoms. The van der Waals surface area contributed by atoms with E-state index in [-0.39, 0.29) is 22.9 Å². The fraction of sp³-hybridized carbons (Fsp3) is 0.348. The highest BCUT2D eigenvalue weighted by Crippen LogP contribution is 2.18. The summed E-state index contributed by atoms with van der Waals surface area (Å²) >= 11 is 0. The van der Waals surface area contributed by atoms with Gasteiger partial charge >= 0.3 is 0 Å². The molecule has 0 bridgehead atoms. The topological polar surface area (TPSA) is 120 Å². The van der Waals surface area contributed by atoms with E-state index in [0.29, 0.717) is 61.5 Å². The van der Waals surface area contributed by atoms with Crippen molar-refractivity contribution in [1.82, 2.24) is 19.4 Å². The molecule has 0 saturated carbocycles. The van der Waals surface area contributed by atoms with E-state index in [0.717, 1.165) is 0 Å². The maximum absolute atomic E-state index is 12.8. The molecule has 1 saturated heterocycles. The van der Waals surface area contributed by atoms with Gasteiger partial charge in [-0.1, -0.05) is 18.2 Å². The Morgan fingerprint density at radius 3 is 2.44 bits per heavy atom. The normalized spacial score (nSPS) is 14.9. The zero-order chi connectivity index (χ0) is 24.1. The van der Waals surface area contributed by atoms with E-state index in [1.54, 1.807) is 25.3 Å². The van der Waals surface area contributed by atoms with Crippen molar-refractivity contribution in [3.63, 3.8) is 0 Å². The van der Waals surface area contributed by atoms with E-state index in [1.807, 2.05) is 6.07 Å². The van der Waals surface area contributed by atoms with Gasteiger partial charge in [0.15, 0.2) is 0 Å². The van der Waals surface area contributed by atoms with E-state index < -0.39 is 10.0 Å². The molecular weight excluding hydrogens is 460 g/mol. The predicted octanol–water partition coefficient (Wildman–Crippen LogP) is 0.994. The second-order valence-corrected chi connectivity index (χ2v) is 9.67. The Morgan fingerprint density at radius 2 is 1.76 bits per heavy atom. The number of carbonyl (C=O) groups is 1. The third kappa shape index (κ3) is 5.02. The van der Waals surface area contributed by atoms with Crippen molar-refractivity contribution in [3.05, 3.63) is 70.1 Å². The molecule has 180 valence electrons. The van der Waals surface area contributed by atoms with Gasteiger partial charge in [-0.25, -0.2) is 13.1 Å². The summed E-state index contributed by atoms with van der Waals surface area (Å²) in [5.41, 5.74) is 0.642. The first-order chi connectivity index (χ1) is 16.4. The smallest absolute Gasteiger partial charge is 0.274 e. The largest absolute Gasteiger partial charge is 0.383 e. The molecule has 1 aromatic heterocycles. The maximum atomic E-state index is 12.8. The minimum atomic E-state index is -3.63. The lowest BCUT2D eigenvalue weighted by Gasteiger charge is -2.26. The molecule has 2 aromatic carbocycles. The van der Waals surface area contributed by atoms with Crippen LogP contribution in [0.15, 0.2) is 58.2 Å². The highest BCUT2D eigenvalue weighted by Gasteiger charge is 2.26. The second-order valence-electron chi connectivity index (χ2n) is 7.74. The van der Waals surface area contributed by atoms with Crippen molar-refractivity contribution in [2.45, 2.75) is 18.0 Å². The van der Waals surface area contributed by atoms with Gasteiger partial charge in [0, 0.05) is 31.1 Å². The molecule has 1 aliphatic rings. The van der Waals surface area contributed by atoms with Crippen LogP contribution in [0.2, 0.25) is 0 Å². The number of aromatic nitrogens is 2. The lowest BCUT2D eigenvalue weighted by molar-refractivity contribution is 0.0730. The minimum absolute atomic E-state index is 0.0977. The highest BCUT2D eigenvalue weighted by atomic mass is 32.2. The zero-order valence-electron chi connectivity index (χ0n) is 18.8. The van der Waals surface area contributed by atoms with Crippen LogP contribution in [0.1, 0.15) is 16.1 Å². The van der Waals surface area contributed by atoms with E-state index in [9.17, 15) is 18.0 Å². The molecule has 3 aromatic rings. The van der Waals surface area contributed by atoms with Crippen molar-refractivity contribution in [2.24, 2.45) is 0 Å². The summed E-state index contributed by atoms with van der Waals surface area (Å²) in [4.78, 5) is 25.5. The molecule has 1 fully saturated rings. The summed E-state index contributed by atoms with van der Waals surface area (Å²) < 4.78 is 38.5. The maximum Gasteiger partial charge on any atom is 0.274 e. The van der Waals surface area contributed by atoms with Gasteiger partial charge in [0.1, 0.15) is 0 Å². The average molecular weight is 487 g/mol. The van der Waals surface area contributed by atoms with Gasteiger partial charge in [-0.3, -0.25) is 9.59 Å². The first-order valence-corrected chi connectivity index (χ1v) is 12.3. The number of morpholine rings is 1. The molecule has 10 nitrogen and oxygen atoms in total. The van der Waals surface area contributed by atoms with Crippen molar-refractivity contribution in [3.8, 4) is 0 Å². The quantitative estimate of drug-likeness (QED) is 0.504. The zero-order valence-corrected chi connectivity index (χ0v) is 19.6. The van der Waals surface area contributed by atoms with Crippen LogP contribution in [0, 0.1) is 0 Å². The van der Waals surface area contributed by atoms with Gasteiger partial charge < -0.3 is 14.8 Å². The van der Waals surface area contributed by atoms with Gasteiger partial charge in [-0.2, -0.15) is 9.40 Å². The van der Waals surface area contributed by atoms with Crippen LogP contribution in [0.25, 0.3) is 10.8 Å². The van der Waals surface area contributed by atoms with Crippen molar-refractivity contribution in [2.75, 3.05) is 40.0 Å². The Balaban J connectivity index is 1.50. The SMILES string of the molecule is COCCn1nc(CNC(=O)c2ccc(S(=O)(=O)N3CCOCC3)cc2)c2ccccc2c1=O. The molecule has 11 heteroatoms. The van der Waals surface area contributed by atoms with Crippen LogP contribution < -0.4 is 10.9 Å². The minimum Gasteiger partial charge on any atom is -0.383 e. The third-order valence-electron chi connectivity index (χ3n) is 5.59. The van der Waals surface area contributed by atoms with E-state index >= 15 is 0 Å². The molecule has 0 unspecified atom stereocenters. The van der Waals surface area contributed by atoms with Gasteiger partial charge in [0.25, 0.3) is 11.5 Å². The summed E-state index contributed by atoms with van der Waals surface area (Å²) in [5.74, 6) is -0.379. The van der Waals surface area contributed by atoms with Gasteiger partial charge in [-0.05, 0) is 30.3 Å². The predicted molar refractivity (Wildman–Crippen MR) is 125 cm³/mol. The highest BCUT2D eigenvalue weighted by molar-refractivity contribution is 7.89. The summed E-state index contributed by atoms with van der Waals surface area (Å²) in [6.45, 7) is 2.05. The summed E-state index contributed by atoms with van der Waals surface area (Å²) in [7, 11) is -2.09. The molecule has 4 rings (SSSR count). The standard InChI is InChI=1S/C23H26N4O6S/c1-32-13-12-27-23(29)20-5-3-2-4-19(20)21(25-27)16-24-22(28)17-6-8-18(9-7-17)34(30,31)26-10-14-33-15-11-26/h2-9H,10-16H2,1H3,(H,24,28). The van der Waals surface area contributed by atoms with Crippen LogP contribution in [0.4, 0.5) is 0 Å². The molecular formula is C23H26N4O6S. The number of benzene rings is 2. The fourth-order valence-electron chi connectivity index (χ4n) is 3.75. The molecule has 0 spiro atoms. The number of nitrogens with zero attached hydrogens (tertiary/aromatic N) is 3. The lowest BCUT2D eigenvalue weighted by atomic mass is 10.1. The second kappa shape index (κ2) is 10.4. The number of methoxy groups -OCH3 is 1. The summed E-state index contributed by atoms with van der Waals surface area (Å²) in [6, 6.07) is 12.9. The first kappa shape index (κ1) is 24.0. The third-order valence-corrected chi connectivity index (χ3v) is 7.51. The van der Waals surface area contributed by atoms with Crippen LogP contribution in [0.3, 0.4) is 0 Å². The molecule has 1 N–H and O–H groups in total. The van der Waals surface area contributed by atoms with Crippen molar-refractivity contribution in [1.29, 1.82) is 0 Å². The number of hydrogen-bond donors (Lipinski definition) is 1. The number of rotatable bonds is 8. The Kier molecular flexibility index (Phi) is 7.37. The Bertz CT molecular complexity index is 1330. The van der Waals surface area contributed by atoms with Crippen molar-refractivity contribution >= 4 is 26.7 Å². The van der Waals surface area contributed by atoms with Gasteiger partial charge in [0.05, 0.1) is 48.9 Å². The van der Waals surface area contributed by atoms with E-state index in [4.69, 9.17) is 9.47 Å². The number of sulfonamides is 1. The van der Waals surface area contributed by atoms with Crippen LogP contribution in [-0.4, -0.2) is 68.4 Å².